The Balaban J connectivity index is 2.84. The van der Waals surface area contributed by atoms with E-state index in [0.29, 0.717) is 5.69 Å². The standard InChI is InChI=1S/C9H12N4O4S/c1-6(14)11-7-2-4-8(5-3-7)18(16,17)13-12-9(10)15/h2-5,13H,1H3,(H,11,14)(H3,10,12,15). The van der Waals surface area contributed by atoms with E-state index in [1.165, 1.54) is 31.2 Å². The van der Waals surface area contributed by atoms with Crippen LogP contribution in [-0.4, -0.2) is 20.4 Å². The normalized spacial score (nSPS) is 10.7. The number of hydrogen-bond donors (Lipinski definition) is 4. The fourth-order valence-electron chi connectivity index (χ4n) is 1.10. The summed E-state index contributed by atoms with van der Waals surface area (Å²) in [5.74, 6) is -0.265. The average Bonchev–Trinajstić information content (AvgIpc) is 2.26. The van der Waals surface area contributed by atoms with Crippen LogP contribution in [0.4, 0.5) is 10.5 Å². The van der Waals surface area contributed by atoms with E-state index in [0.717, 1.165) is 0 Å². The Morgan fingerprint density at radius 2 is 1.72 bits per heavy atom. The highest BCUT2D eigenvalue weighted by Crippen LogP contribution is 2.13. The first-order valence-corrected chi connectivity index (χ1v) is 6.24. The number of nitrogens with two attached hydrogens (primary N) is 1. The largest absolute Gasteiger partial charge is 0.351 e. The minimum atomic E-state index is -3.88. The number of sulfonamides is 1. The van der Waals surface area contributed by atoms with Crippen LogP contribution in [0.15, 0.2) is 29.2 Å². The molecule has 8 nitrogen and oxygen atoms in total. The van der Waals surface area contributed by atoms with Crippen LogP contribution in [-0.2, 0) is 14.8 Å². The monoisotopic (exact) mass is 272 g/mol. The average molecular weight is 272 g/mol. The predicted octanol–water partition coefficient (Wildman–Crippen LogP) is -0.493. The molecule has 9 heteroatoms. The summed E-state index contributed by atoms with van der Waals surface area (Å²) < 4.78 is 23.2. The van der Waals surface area contributed by atoms with Gasteiger partial charge < -0.3 is 11.1 Å². The van der Waals surface area contributed by atoms with E-state index < -0.39 is 16.1 Å². The fourth-order valence-corrected chi connectivity index (χ4v) is 1.94. The molecule has 18 heavy (non-hydrogen) atoms. The van der Waals surface area contributed by atoms with Crippen molar-refractivity contribution in [2.75, 3.05) is 5.32 Å². The van der Waals surface area contributed by atoms with Gasteiger partial charge in [-0.15, -0.1) is 4.83 Å². The van der Waals surface area contributed by atoms with Gasteiger partial charge in [0.1, 0.15) is 0 Å². The third kappa shape index (κ3) is 4.03. The molecule has 0 aromatic heterocycles. The number of anilines is 1. The van der Waals surface area contributed by atoms with Crippen molar-refractivity contribution in [2.24, 2.45) is 5.73 Å². The van der Waals surface area contributed by atoms with Crippen LogP contribution < -0.4 is 21.3 Å². The summed E-state index contributed by atoms with van der Waals surface area (Å²) in [4.78, 5) is 22.9. The number of hydrazine groups is 1. The summed E-state index contributed by atoms with van der Waals surface area (Å²) in [6.45, 7) is 1.34. The van der Waals surface area contributed by atoms with Gasteiger partial charge in [-0.3, -0.25) is 10.2 Å². The lowest BCUT2D eigenvalue weighted by molar-refractivity contribution is -0.114. The van der Waals surface area contributed by atoms with Crippen LogP contribution in [0, 0.1) is 0 Å². The van der Waals surface area contributed by atoms with Crippen molar-refractivity contribution in [3.8, 4) is 0 Å². The molecule has 3 amide bonds. The van der Waals surface area contributed by atoms with Crippen molar-refractivity contribution < 1.29 is 18.0 Å². The highest BCUT2D eigenvalue weighted by molar-refractivity contribution is 7.89. The Labute approximate surface area is 104 Å². The minimum absolute atomic E-state index is 0.0784. The van der Waals surface area contributed by atoms with Crippen LogP contribution in [0.3, 0.4) is 0 Å². The maximum absolute atomic E-state index is 11.6. The number of rotatable bonds is 4. The molecule has 0 saturated heterocycles. The first-order valence-electron chi connectivity index (χ1n) is 4.76. The molecule has 1 rings (SSSR count). The molecule has 1 aromatic rings. The second kappa shape index (κ2) is 5.47. The van der Waals surface area contributed by atoms with E-state index in [-0.39, 0.29) is 10.8 Å². The topological polar surface area (TPSA) is 130 Å². The SMILES string of the molecule is CC(=O)Nc1ccc(S(=O)(=O)NNC(N)=O)cc1. The van der Waals surface area contributed by atoms with Crippen molar-refractivity contribution in [2.45, 2.75) is 11.8 Å². The Bertz CT molecular complexity index is 552. The molecule has 0 radical (unpaired) electrons. The predicted molar refractivity (Wildman–Crippen MR) is 63.8 cm³/mol. The molecule has 5 N–H and O–H groups in total. The maximum Gasteiger partial charge on any atom is 0.327 e. The van der Waals surface area contributed by atoms with E-state index in [1.54, 1.807) is 10.3 Å². The van der Waals surface area contributed by atoms with Crippen LogP contribution in [0.5, 0.6) is 0 Å². The molecule has 0 aliphatic carbocycles. The van der Waals surface area contributed by atoms with Gasteiger partial charge in [-0.05, 0) is 24.3 Å². The van der Waals surface area contributed by atoms with Gasteiger partial charge in [-0.1, -0.05) is 0 Å². The molecular formula is C9H12N4O4S. The first kappa shape index (κ1) is 13.9. The number of hydrogen-bond acceptors (Lipinski definition) is 4. The third-order valence-corrected chi connectivity index (χ3v) is 3.06. The van der Waals surface area contributed by atoms with E-state index in [9.17, 15) is 18.0 Å². The van der Waals surface area contributed by atoms with Crippen LogP contribution in [0.25, 0.3) is 0 Å². The molecule has 98 valence electrons. The van der Waals surface area contributed by atoms with Gasteiger partial charge in [0.25, 0.3) is 10.0 Å². The molecule has 0 atom stereocenters. The summed E-state index contributed by atoms with van der Waals surface area (Å²) >= 11 is 0. The van der Waals surface area contributed by atoms with Gasteiger partial charge >= 0.3 is 6.03 Å². The Morgan fingerprint density at radius 1 is 1.17 bits per heavy atom. The van der Waals surface area contributed by atoms with Crippen molar-refractivity contribution in [3.05, 3.63) is 24.3 Å². The van der Waals surface area contributed by atoms with E-state index in [2.05, 4.69) is 5.32 Å². The molecule has 1 aromatic carbocycles. The summed E-state index contributed by atoms with van der Waals surface area (Å²) in [7, 11) is -3.88. The van der Waals surface area contributed by atoms with E-state index in [1.807, 2.05) is 0 Å². The van der Waals surface area contributed by atoms with Gasteiger partial charge in [0.05, 0.1) is 4.90 Å². The third-order valence-electron chi connectivity index (χ3n) is 1.79. The van der Waals surface area contributed by atoms with Gasteiger partial charge in [-0.25, -0.2) is 13.2 Å². The molecule has 0 spiro atoms. The zero-order valence-corrected chi connectivity index (χ0v) is 10.2. The fraction of sp³-hybridized carbons (Fsp3) is 0.111. The van der Waals surface area contributed by atoms with Crippen molar-refractivity contribution >= 4 is 27.6 Å². The van der Waals surface area contributed by atoms with E-state index in [4.69, 9.17) is 5.73 Å². The number of carbonyl (C=O) groups is 2. The number of primary amides is 1. The highest BCUT2D eigenvalue weighted by Gasteiger charge is 2.13. The summed E-state index contributed by atoms with van der Waals surface area (Å²) in [5, 5.41) is 2.49. The summed E-state index contributed by atoms with van der Waals surface area (Å²) in [6.07, 6.45) is 0. The quantitative estimate of drug-likeness (QED) is 0.551. The van der Waals surface area contributed by atoms with E-state index >= 15 is 0 Å². The Kier molecular flexibility index (Phi) is 4.23. The van der Waals surface area contributed by atoms with Gasteiger partial charge in [0.15, 0.2) is 0 Å². The lowest BCUT2D eigenvalue weighted by Gasteiger charge is -2.07. The number of carbonyl (C=O) groups excluding carboxylic acids is 2. The number of benzene rings is 1. The minimum Gasteiger partial charge on any atom is -0.351 e. The van der Waals surface area contributed by atoms with Crippen molar-refractivity contribution in [3.63, 3.8) is 0 Å². The lowest BCUT2D eigenvalue weighted by atomic mass is 10.3. The van der Waals surface area contributed by atoms with Gasteiger partial charge in [0.2, 0.25) is 5.91 Å². The summed E-state index contributed by atoms with van der Waals surface area (Å²) in [6, 6.07) is 4.36. The number of amides is 3. The first-order chi connectivity index (χ1) is 8.31. The highest BCUT2D eigenvalue weighted by atomic mass is 32.2. The number of urea groups is 1. The van der Waals surface area contributed by atoms with Gasteiger partial charge in [0, 0.05) is 12.6 Å². The second-order valence-corrected chi connectivity index (χ2v) is 4.98. The van der Waals surface area contributed by atoms with Crippen molar-refractivity contribution in [1.82, 2.24) is 10.3 Å². The molecule has 0 fully saturated rings. The second-order valence-electron chi connectivity index (χ2n) is 3.30. The zero-order valence-electron chi connectivity index (χ0n) is 9.43. The molecule has 0 aliphatic rings. The lowest BCUT2D eigenvalue weighted by Crippen LogP contribution is -2.44. The van der Waals surface area contributed by atoms with Crippen molar-refractivity contribution in [1.29, 1.82) is 0 Å². The molecule has 0 bridgehead atoms. The zero-order chi connectivity index (χ0) is 13.8. The van der Waals surface area contributed by atoms with Crippen LogP contribution in [0.2, 0.25) is 0 Å². The maximum atomic E-state index is 11.6. The molecule has 0 aliphatic heterocycles. The molecule has 0 heterocycles. The van der Waals surface area contributed by atoms with Crippen LogP contribution in [0.1, 0.15) is 6.92 Å². The van der Waals surface area contributed by atoms with Gasteiger partial charge in [-0.2, -0.15) is 0 Å². The Morgan fingerprint density at radius 3 is 2.17 bits per heavy atom. The number of nitrogens with one attached hydrogen (secondary N) is 3. The van der Waals surface area contributed by atoms with Crippen LogP contribution >= 0.6 is 0 Å². The summed E-state index contributed by atoms with van der Waals surface area (Å²) in [5.41, 5.74) is 6.96. The molecule has 0 saturated carbocycles. The smallest absolute Gasteiger partial charge is 0.327 e. The Hall–Kier alpha value is -2.13. The molecular weight excluding hydrogens is 260 g/mol. The molecule has 0 unspecified atom stereocenters.